The third-order valence-corrected chi connectivity index (χ3v) is 4.06. The number of hydrogen-bond donors (Lipinski definition) is 0. The van der Waals surface area contributed by atoms with Crippen molar-refractivity contribution >= 4 is 17.1 Å². The minimum absolute atomic E-state index is 0.0657. The fourth-order valence-electron chi connectivity index (χ4n) is 1.58. The molecule has 0 amide bonds. The molecule has 1 rings (SSSR count). The van der Waals surface area contributed by atoms with Gasteiger partial charge in [-0.3, -0.25) is 4.79 Å². The van der Waals surface area contributed by atoms with Crippen LogP contribution in [0.4, 0.5) is 0 Å². The van der Waals surface area contributed by atoms with Crippen molar-refractivity contribution in [2.45, 2.75) is 39.2 Å². The van der Waals surface area contributed by atoms with Crippen molar-refractivity contribution in [1.82, 2.24) is 4.98 Å². The summed E-state index contributed by atoms with van der Waals surface area (Å²) in [6, 6.07) is 0. The molecular formula is C11H17NO2S. The Balaban J connectivity index is 3.07. The van der Waals surface area contributed by atoms with Crippen molar-refractivity contribution in [2.24, 2.45) is 0 Å². The standard InChI is InChI=1S/C11H17NO2S/c1-5-11(6-2,14-4)10-12-7-9(15-10)8(3)13/h7H,5-6H2,1-4H3. The van der Waals surface area contributed by atoms with Gasteiger partial charge in [0.15, 0.2) is 5.78 Å². The van der Waals surface area contributed by atoms with E-state index in [1.807, 2.05) is 0 Å². The third kappa shape index (κ3) is 2.26. The monoisotopic (exact) mass is 227 g/mol. The van der Waals surface area contributed by atoms with Crippen LogP contribution in [0.1, 0.15) is 48.3 Å². The van der Waals surface area contributed by atoms with Crippen molar-refractivity contribution in [2.75, 3.05) is 7.11 Å². The fourth-order valence-corrected chi connectivity index (χ4v) is 2.70. The molecule has 0 N–H and O–H groups in total. The summed E-state index contributed by atoms with van der Waals surface area (Å²) in [6.45, 7) is 5.70. The first kappa shape index (κ1) is 12.3. The van der Waals surface area contributed by atoms with Gasteiger partial charge < -0.3 is 4.74 Å². The van der Waals surface area contributed by atoms with Crippen molar-refractivity contribution in [3.63, 3.8) is 0 Å². The zero-order chi connectivity index (χ0) is 11.5. The Bertz CT molecular complexity index is 334. The summed E-state index contributed by atoms with van der Waals surface area (Å²) in [4.78, 5) is 16.2. The van der Waals surface area contributed by atoms with Crippen molar-refractivity contribution in [3.05, 3.63) is 16.1 Å². The molecule has 0 radical (unpaired) electrons. The van der Waals surface area contributed by atoms with Gasteiger partial charge in [-0.1, -0.05) is 13.8 Å². The van der Waals surface area contributed by atoms with Gasteiger partial charge in [-0.25, -0.2) is 4.98 Å². The summed E-state index contributed by atoms with van der Waals surface area (Å²) in [5, 5.41) is 0.903. The smallest absolute Gasteiger partial charge is 0.171 e. The molecule has 0 saturated heterocycles. The molecule has 84 valence electrons. The first-order chi connectivity index (χ1) is 7.09. The average molecular weight is 227 g/mol. The predicted molar refractivity (Wildman–Crippen MR) is 61.4 cm³/mol. The number of ketones is 1. The summed E-state index contributed by atoms with van der Waals surface area (Å²) in [5.74, 6) is 0.0657. The van der Waals surface area contributed by atoms with Crippen LogP contribution in [0.15, 0.2) is 6.20 Å². The number of rotatable bonds is 5. The highest BCUT2D eigenvalue weighted by Crippen LogP contribution is 2.35. The van der Waals surface area contributed by atoms with Crippen LogP contribution in [-0.2, 0) is 10.3 Å². The second kappa shape index (κ2) is 4.86. The van der Waals surface area contributed by atoms with Crippen molar-refractivity contribution in [1.29, 1.82) is 0 Å². The Morgan fingerprint density at radius 3 is 2.47 bits per heavy atom. The molecule has 0 aromatic carbocycles. The average Bonchev–Trinajstić information content (AvgIpc) is 2.71. The maximum Gasteiger partial charge on any atom is 0.171 e. The van der Waals surface area contributed by atoms with Crippen molar-refractivity contribution in [3.8, 4) is 0 Å². The number of nitrogens with zero attached hydrogens (tertiary/aromatic N) is 1. The molecule has 0 aliphatic carbocycles. The van der Waals surface area contributed by atoms with E-state index in [0.717, 1.165) is 17.8 Å². The molecule has 15 heavy (non-hydrogen) atoms. The molecule has 0 unspecified atom stereocenters. The summed E-state index contributed by atoms with van der Waals surface area (Å²) in [6.07, 6.45) is 3.37. The largest absolute Gasteiger partial charge is 0.371 e. The van der Waals surface area contributed by atoms with Crippen LogP contribution >= 0.6 is 11.3 Å². The highest BCUT2D eigenvalue weighted by atomic mass is 32.1. The Kier molecular flexibility index (Phi) is 3.99. The maximum atomic E-state index is 11.2. The topological polar surface area (TPSA) is 39.2 Å². The molecule has 0 spiro atoms. The van der Waals surface area contributed by atoms with E-state index in [2.05, 4.69) is 18.8 Å². The minimum Gasteiger partial charge on any atom is -0.371 e. The second-order valence-electron chi connectivity index (χ2n) is 3.49. The molecule has 0 saturated carbocycles. The quantitative estimate of drug-likeness (QED) is 0.726. The number of aromatic nitrogens is 1. The third-order valence-electron chi connectivity index (χ3n) is 2.78. The second-order valence-corrected chi connectivity index (χ2v) is 4.52. The highest BCUT2D eigenvalue weighted by molar-refractivity contribution is 7.13. The first-order valence-corrected chi connectivity index (χ1v) is 5.93. The SMILES string of the molecule is CCC(CC)(OC)c1ncc(C(C)=O)s1. The van der Waals surface area contributed by atoms with Crippen LogP contribution in [-0.4, -0.2) is 17.9 Å². The Morgan fingerprint density at radius 2 is 2.13 bits per heavy atom. The van der Waals surface area contributed by atoms with Crippen molar-refractivity contribution < 1.29 is 9.53 Å². The van der Waals surface area contributed by atoms with Gasteiger partial charge in [-0.05, 0) is 12.8 Å². The van der Waals surface area contributed by atoms with Gasteiger partial charge in [-0.2, -0.15) is 0 Å². The van der Waals surface area contributed by atoms with Gasteiger partial charge in [0.05, 0.1) is 4.88 Å². The molecule has 1 aromatic rings. The van der Waals surface area contributed by atoms with Crippen LogP contribution in [0.5, 0.6) is 0 Å². The number of carbonyl (C=O) groups is 1. The van der Waals surface area contributed by atoms with Crippen LogP contribution in [0.2, 0.25) is 0 Å². The molecule has 0 aliphatic heterocycles. The van der Waals surface area contributed by atoms with Gasteiger partial charge in [-0.15, -0.1) is 11.3 Å². The number of Topliss-reactive ketones (excluding diaryl/α,β-unsaturated/α-hetero) is 1. The number of thiazole rings is 1. The molecule has 0 atom stereocenters. The number of hydrogen-bond acceptors (Lipinski definition) is 4. The Hall–Kier alpha value is -0.740. The molecule has 4 heteroatoms. The zero-order valence-electron chi connectivity index (χ0n) is 9.66. The lowest BCUT2D eigenvalue weighted by atomic mass is 9.98. The lowest BCUT2D eigenvalue weighted by Gasteiger charge is -2.27. The van der Waals surface area contributed by atoms with E-state index in [1.165, 1.54) is 11.3 Å². The summed E-state index contributed by atoms with van der Waals surface area (Å²) in [5.41, 5.74) is -0.321. The van der Waals surface area contributed by atoms with E-state index >= 15 is 0 Å². The van der Waals surface area contributed by atoms with Crippen LogP contribution < -0.4 is 0 Å². The van der Waals surface area contributed by atoms with Crippen LogP contribution in [0.25, 0.3) is 0 Å². The summed E-state index contributed by atoms with van der Waals surface area (Å²) in [7, 11) is 1.70. The number of methoxy groups -OCH3 is 1. The number of ether oxygens (including phenoxy) is 1. The van der Waals surface area contributed by atoms with E-state index in [-0.39, 0.29) is 11.4 Å². The van der Waals surface area contributed by atoms with E-state index in [0.29, 0.717) is 4.88 Å². The molecule has 0 aliphatic rings. The highest BCUT2D eigenvalue weighted by Gasteiger charge is 2.31. The molecule has 0 bridgehead atoms. The van der Waals surface area contributed by atoms with E-state index in [1.54, 1.807) is 20.2 Å². The normalized spacial score (nSPS) is 11.7. The van der Waals surface area contributed by atoms with E-state index in [4.69, 9.17) is 4.74 Å². The van der Waals surface area contributed by atoms with Crippen LogP contribution in [0.3, 0.4) is 0 Å². The zero-order valence-corrected chi connectivity index (χ0v) is 10.5. The molecule has 3 nitrogen and oxygen atoms in total. The molecule has 1 heterocycles. The van der Waals surface area contributed by atoms with Gasteiger partial charge in [0.25, 0.3) is 0 Å². The molecule has 0 fully saturated rings. The van der Waals surface area contributed by atoms with Gasteiger partial charge in [0, 0.05) is 20.2 Å². The fraction of sp³-hybridized carbons (Fsp3) is 0.636. The van der Waals surface area contributed by atoms with E-state index < -0.39 is 0 Å². The lowest BCUT2D eigenvalue weighted by molar-refractivity contribution is -0.0218. The first-order valence-electron chi connectivity index (χ1n) is 5.12. The molecule has 1 aromatic heterocycles. The number of carbonyl (C=O) groups excluding carboxylic acids is 1. The van der Waals surface area contributed by atoms with Gasteiger partial charge in [0.1, 0.15) is 10.6 Å². The lowest BCUT2D eigenvalue weighted by Crippen LogP contribution is -2.26. The van der Waals surface area contributed by atoms with Gasteiger partial charge >= 0.3 is 0 Å². The summed E-state index contributed by atoms with van der Waals surface area (Å²) >= 11 is 1.44. The minimum atomic E-state index is -0.321. The predicted octanol–water partition coefficient (Wildman–Crippen LogP) is 3.01. The maximum absolute atomic E-state index is 11.2. The van der Waals surface area contributed by atoms with Crippen LogP contribution in [0, 0.1) is 0 Å². The van der Waals surface area contributed by atoms with E-state index in [9.17, 15) is 4.79 Å². The summed E-state index contributed by atoms with van der Waals surface area (Å²) < 4.78 is 5.55. The molecular weight excluding hydrogens is 210 g/mol. The Morgan fingerprint density at radius 1 is 1.53 bits per heavy atom. The Labute approximate surface area is 94.5 Å². The van der Waals surface area contributed by atoms with Gasteiger partial charge in [0.2, 0.25) is 0 Å².